The molecule has 0 radical (unpaired) electrons. The Labute approximate surface area is 130 Å². The van der Waals surface area contributed by atoms with Crippen molar-refractivity contribution in [1.82, 2.24) is 10.0 Å². The molecule has 1 aromatic carbocycles. The third-order valence-corrected chi connectivity index (χ3v) is 4.95. The Hall–Kier alpha value is -1.11. The van der Waals surface area contributed by atoms with Crippen molar-refractivity contribution >= 4 is 27.5 Å². The van der Waals surface area contributed by atoms with Crippen molar-refractivity contribution < 1.29 is 13.2 Å². The molecule has 2 rings (SSSR count). The number of aryl methyl sites for hydroxylation is 1. The molecule has 21 heavy (non-hydrogen) atoms. The van der Waals surface area contributed by atoms with Gasteiger partial charge in [0, 0.05) is 24.9 Å². The van der Waals surface area contributed by atoms with Crippen LogP contribution in [-0.2, 0) is 21.2 Å². The highest BCUT2D eigenvalue weighted by Gasteiger charge is 2.29. The number of sulfonamides is 1. The standard InChI is InChI=1S/C14H19ClN2O3S/c15-8-7-11-1-5-13(6-2-11)21(19,20)17-10-9-16-14(18)12-3-4-12/h1-2,5-6,12,17H,3-4,7-10H2,(H,16,18). The zero-order chi connectivity index (χ0) is 15.3. The number of halogens is 1. The number of hydrogen-bond acceptors (Lipinski definition) is 3. The Balaban J connectivity index is 1.81. The van der Waals surface area contributed by atoms with Gasteiger partial charge < -0.3 is 5.32 Å². The molecule has 1 aromatic rings. The third kappa shape index (κ3) is 4.98. The minimum atomic E-state index is -3.53. The first kappa shape index (κ1) is 16.3. The zero-order valence-corrected chi connectivity index (χ0v) is 13.2. The van der Waals surface area contributed by atoms with Crippen molar-refractivity contribution in [3.05, 3.63) is 29.8 Å². The molecular formula is C14H19ClN2O3S. The lowest BCUT2D eigenvalue weighted by Gasteiger charge is -2.08. The molecule has 0 unspecified atom stereocenters. The maximum atomic E-state index is 12.0. The summed E-state index contributed by atoms with van der Waals surface area (Å²) in [5, 5.41) is 2.71. The Morgan fingerprint density at radius 1 is 1.19 bits per heavy atom. The highest BCUT2D eigenvalue weighted by Crippen LogP contribution is 2.28. The van der Waals surface area contributed by atoms with E-state index in [0.717, 1.165) is 18.4 Å². The maximum absolute atomic E-state index is 12.0. The molecule has 0 atom stereocenters. The van der Waals surface area contributed by atoms with Gasteiger partial charge in [0.2, 0.25) is 15.9 Å². The van der Waals surface area contributed by atoms with Gasteiger partial charge in [-0.2, -0.15) is 0 Å². The summed E-state index contributed by atoms with van der Waals surface area (Å²) in [6, 6.07) is 6.64. The molecule has 0 aromatic heterocycles. The average molecular weight is 331 g/mol. The van der Waals surface area contributed by atoms with Crippen LogP contribution >= 0.6 is 11.6 Å². The van der Waals surface area contributed by atoms with E-state index in [0.29, 0.717) is 18.8 Å². The van der Waals surface area contributed by atoms with Crippen molar-refractivity contribution in [2.75, 3.05) is 19.0 Å². The molecule has 0 saturated heterocycles. The van der Waals surface area contributed by atoms with Gasteiger partial charge in [-0.15, -0.1) is 11.6 Å². The van der Waals surface area contributed by atoms with Crippen LogP contribution in [0.15, 0.2) is 29.2 Å². The lowest BCUT2D eigenvalue weighted by atomic mass is 10.2. The van der Waals surface area contributed by atoms with Crippen LogP contribution in [0, 0.1) is 5.92 Å². The SMILES string of the molecule is O=C(NCCNS(=O)(=O)c1ccc(CCCl)cc1)C1CC1. The molecule has 0 bridgehead atoms. The monoisotopic (exact) mass is 330 g/mol. The van der Waals surface area contributed by atoms with Crippen LogP contribution in [0.4, 0.5) is 0 Å². The van der Waals surface area contributed by atoms with Crippen molar-refractivity contribution in [2.24, 2.45) is 5.92 Å². The van der Waals surface area contributed by atoms with Crippen LogP contribution in [0.2, 0.25) is 0 Å². The lowest BCUT2D eigenvalue weighted by molar-refractivity contribution is -0.122. The van der Waals surface area contributed by atoms with Crippen LogP contribution in [0.25, 0.3) is 0 Å². The number of rotatable bonds is 8. The summed E-state index contributed by atoms with van der Waals surface area (Å²) in [5.74, 6) is 0.654. The molecule has 1 aliphatic rings. The Morgan fingerprint density at radius 3 is 2.43 bits per heavy atom. The normalized spacial score (nSPS) is 14.9. The van der Waals surface area contributed by atoms with E-state index in [1.165, 1.54) is 0 Å². The lowest BCUT2D eigenvalue weighted by Crippen LogP contribution is -2.35. The topological polar surface area (TPSA) is 75.3 Å². The van der Waals surface area contributed by atoms with E-state index in [4.69, 9.17) is 11.6 Å². The van der Waals surface area contributed by atoms with E-state index in [-0.39, 0.29) is 23.3 Å². The molecule has 1 aliphatic carbocycles. The van der Waals surface area contributed by atoms with Gasteiger partial charge in [0.15, 0.2) is 0 Å². The molecule has 0 aliphatic heterocycles. The first-order chi connectivity index (χ1) is 10.0. The fourth-order valence-corrected chi connectivity index (χ4v) is 3.14. The van der Waals surface area contributed by atoms with E-state index in [2.05, 4.69) is 10.0 Å². The summed E-state index contributed by atoms with van der Waals surface area (Å²) in [7, 11) is -3.53. The van der Waals surface area contributed by atoms with Crippen LogP contribution < -0.4 is 10.0 Å². The second-order valence-corrected chi connectivity index (χ2v) is 7.19. The Kier molecular flexibility index (Phi) is 5.61. The number of nitrogens with one attached hydrogen (secondary N) is 2. The van der Waals surface area contributed by atoms with Gasteiger partial charge in [-0.25, -0.2) is 13.1 Å². The van der Waals surface area contributed by atoms with Gasteiger partial charge in [0.1, 0.15) is 0 Å². The molecule has 5 nitrogen and oxygen atoms in total. The molecular weight excluding hydrogens is 312 g/mol. The fraction of sp³-hybridized carbons (Fsp3) is 0.500. The fourth-order valence-electron chi connectivity index (χ4n) is 1.89. The first-order valence-corrected chi connectivity index (χ1v) is 8.97. The number of benzene rings is 1. The summed E-state index contributed by atoms with van der Waals surface area (Å²) < 4.78 is 26.6. The van der Waals surface area contributed by atoms with Crippen LogP contribution in [-0.4, -0.2) is 33.3 Å². The molecule has 2 N–H and O–H groups in total. The predicted molar refractivity (Wildman–Crippen MR) is 81.8 cm³/mol. The van der Waals surface area contributed by atoms with E-state index in [1.54, 1.807) is 24.3 Å². The smallest absolute Gasteiger partial charge is 0.240 e. The summed E-state index contributed by atoms with van der Waals surface area (Å²) in [6.45, 7) is 0.489. The van der Waals surface area contributed by atoms with Crippen LogP contribution in [0.5, 0.6) is 0 Å². The maximum Gasteiger partial charge on any atom is 0.240 e. The van der Waals surface area contributed by atoms with E-state index in [1.807, 2.05) is 0 Å². The zero-order valence-electron chi connectivity index (χ0n) is 11.6. The second-order valence-electron chi connectivity index (χ2n) is 5.05. The highest BCUT2D eigenvalue weighted by molar-refractivity contribution is 7.89. The minimum absolute atomic E-state index is 0.0135. The molecule has 1 saturated carbocycles. The summed E-state index contributed by atoms with van der Waals surface area (Å²) in [4.78, 5) is 11.6. The van der Waals surface area contributed by atoms with E-state index >= 15 is 0 Å². The van der Waals surface area contributed by atoms with Crippen molar-refractivity contribution in [3.63, 3.8) is 0 Å². The molecule has 1 amide bonds. The number of hydrogen-bond donors (Lipinski definition) is 2. The number of amides is 1. The number of carbonyl (C=O) groups excluding carboxylic acids is 1. The average Bonchev–Trinajstić information content (AvgIpc) is 3.29. The van der Waals surface area contributed by atoms with Gasteiger partial charge in [-0.05, 0) is 37.0 Å². The quantitative estimate of drug-likeness (QED) is 0.557. The minimum Gasteiger partial charge on any atom is -0.355 e. The van der Waals surface area contributed by atoms with Gasteiger partial charge >= 0.3 is 0 Å². The van der Waals surface area contributed by atoms with Gasteiger partial charge in [0.25, 0.3) is 0 Å². The summed E-state index contributed by atoms with van der Waals surface area (Å²) in [6.07, 6.45) is 2.58. The number of carbonyl (C=O) groups is 1. The van der Waals surface area contributed by atoms with Gasteiger partial charge in [-0.1, -0.05) is 12.1 Å². The molecule has 0 spiro atoms. The summed E-state index contributed by atoms with van der Waals surface area (Å²) in [5.41, 5.74) is 1.00. The summed E-state index contributed by atoms with van der Waals surface area (Å²) >= 11 is 5.64. The highest BCUT2D eigenvalue weighted by atomic mass is 35.5. The van der Waals surface area contributed by atoms with Gasteiger partial charge in [-0.3, -0.25) is 4.79 Å². The van der Waals surface area contributed by atoms with Crippen LogP contribution in [0.1, 0.15) is 18.4 Å². The Morgan fingerprint density at radius 2 is 1.86 bits per heavy atom. The molecule has 7 heteroatoms. The molecule has 116 valence electrons. The Bertz CT molecular complexity index is 583. The third-order valence-electron chi connectivity index (χ3n) is 3.28. The van der Waals surface area contributed by atoms with E-state index < -0.39 is 10.0 Å². The molecule has 1 fully saturated rings. The van der Waals surface area contributed by atoms with Crippen LogP contribution in [0.3, 0.4) is 0 Å². The molecule has 0 heterocycles. The second kappa shape index (κ2) is 7.24. The number of alkyl halides is 1. The van der Waals surface area contributed by atoms with E-state index in [9.17, 15) is 13.2 Å². The largest absolute Gasteiger partial charge is 0.355 e. The van der Waals surface area contributed by atoms with Crippen molar-refractivity contribution in [1.29, 1.82) is 0 Å². The van der Waals surface area contributed by atoms with Gasteiger partial charge in [0.05, 0.1) is 4.90 Å². The van der Waals surface area contributed by atoms with Crippen molar-refractivity contribution in [2.45, 2.75) is 24.2 Å². The first-order valence-electron chi connectivity index (χ1n) is 6.95. The predicted octanol–water partition coefficient (Wildman–Crippen LogP) is 1.27. The van der Waals surface area contributed by atoms with Crippen molar-refractivity contribution in [3.8, 4) is 0 Å².